The normalized spacial score (nSPS) is 11.1. The molecule has 124 valence electrons. The zero-order chi connectivity index (χ0) is 17.4. The lowest BCUT2D eigenvalue weighted by molar-refractivity contribution is 0.0494. The number of rotatable bonds is 3. The smallest absolute Gasteiger partial charge is 0.374 e. The summed E-state index contributed by atoms with van der Waals surface area (Å²) in [5, 5.41) is 0.873. The van der Waals surface area contributed by atoms with Gasteiger partial charge in [0.25, 0.3) is 0 Å². The van der Waals surface area contributed by atoms with Crippen molar-refractivity contribution in [2.24, 2.45) is 0 Å². The Labute approximate surface area is 142 Å². The van der Waals surface area contributed by atoms with Gasteiger partial charge in [-0.25, -0.2) is 9.59 Å². The first-order valence-electron chi connectivity index (χ1n) is 7.91. The minimum atomic E-state index is -0.610. The summed E-state index contributed by atoms with van der Waals surface area (Å²) in [7, 11) is 0. The molecule has 0 N–H and O–H groups in total. The highest BCUT2D eigenvalue weighted by molar-refractivity contribution is 6.12. The molecule has 0 saturated heterocycles. The maximum absolute atomic E-state index is 12.6. The highest BCUT2D eigenvalue weighted by Gasteiger charge is 2.27. The highest BCUT2D eigenvalue weighted by atomic mass is 16.5. The summed E-state index contributed by atoms with van der Waals surface area (Å²) in [6.07, 6.45) is 0. The van der Waals surface area contributed by atoms with Crippen LogP contribution in [0.15, 0.2) is 68.2 Å². The second kappa shape index (κ2) is 5.94. The molecule has 4 aromatic rings. The van der Waals surface area contributed by atoms with E-state index >= 15 is 0 Å². The minimum Gasteiger partial charge on any atom is -0.460 e. The Kier molecular flexibility index (Phi) is 3.61. The van der Waals surface area contributed by atoms with Crippen LogP contribution in [0.5, 0.6) is 0 Å². The van der Waals surface area contributed by atoms with Gasteiger partial charge in [0.05, 0.1) is 17.6 Å². The van der Waals surface area contributed by atoms with E-state index in [0.717, 1.165) is 0 Å². The molecule has 0 aliphatic heterocycles. The minimum absolute atomic E-state index is 0.00621. The topological polar surface area (TPSA) is 69.7 Å². The number of benzene rings is 2. The Bertz CT molecular complexity index is 1140. The van der Waals surface area contributed by atoms with E-state index in [4.69, 9.17) is 13.6 Å². The maximum atomic E-state index is 12.6. The molecule has 0 aliphatic carbocycles. The molecule has 2 heterocycles. The summed E-state index contributed by atoms with van der Waals surface area (Å²) in [4.78, 5) is 25.0. The van der Waals surface area contributed by atoms with Gasteiger partial charge >= 0.3 is 11.6 Å². The van der Waals surface area contributed by atoms with Gasteiger partial charge in [-0.1, -0.05) is 42.5 Å². The van der Waals surface area contributed by atoms with Crippen molar-refractivity contribution < 1.29 is 18.4 Å². The fourth-order valence-corrected chi connectivity index (χ4v) is 2.93. The number of carbonyl (C=O) groups excluding carboxylic acids is 1. The predicted molar refractivity (Wildman–Crippen MR) is 93.6 cm³/mol. The summed E-state index contributed by atoms with van der Waals surface area (Å²) in [5.74, 6) is -0.604. The molecule has 0 atom stereocenters. The van der Waals surface area contributed by atoms with Crippen molar-refractivity contribution in [1.29, 1.82) is 0 Å². The van der Waals surface area contributed by atoms with Crippen molar-refractivity contribution in [3.63, 3.8) is 0 Å². The van der Waals surface area contributed by atoms with Gasteiger partial charge in [0, 0.05) is 0 Å². The number of para-hydroxylation sites is 1. The molecule has 5 heteroatoms. The Morgan fingerprint density at radius 3 is 2.48 bits per heavy atom. The van der Waals surface area contributed by atoms with Gasteiger partial charge in [-0.05, 0) is 24.6 Å². The van der Waals surface area contributed by atoms with Crippen LogP contribution in [0.2, 0.25) is 0 Å². The fourth-order valence-electron chi connectivity index (χ4n) is 2.93. The average molecular weight is 334 g/mol. The van der Waals surface area contributed by atoms with Crippen molar-refractivity contribution in [1.82, 2.24) is 0 Å². The summed E-state index contributed by atoms with van der Waals surface area (Å²) in [5.41, 5.74) is 1.27. The van der Waals surface area contributed by atoms with Crippen LogP contribution in [0, 0.1) is 0 Å². The van der Waals surface area contributed by atoms with Crippen LogP contribution in [0.25, 0.3) is 33.1 Å². The van der Waals surface area contributed by atoms with Gasteiger partial charge in [-0.15, -0.1) is 0 Å². The van der Waals surface area contributed by atoms with Crippen molar-refractivity contribution in [2.45, 2.75) is 6.92 Å². The standard InChI is InChI=1S/C20H14O5/c1-2-23-20(22)18-15(12-8-4-3-5-9-12)16-17(25-18)13-10-6-7-11-14(13)24-19(16)21/h3-11H,2H2,1H3. The van der Waals surface area contributed by atoms with Crippen LogP contribution in [-0.2, 0) is 4.74 Å². The summed E-state index contributed by atoms with van der Waals surface area (Å²) >= 11 is 0. The third-order valence-electron chi connectivity index (χ3n) is 3.97. The largest absolute Gasteiger partial charge is 0.460 e. The molecule has 2 aromatic heterocycles. The third-order valence-corrected chi connectivity index (χ3v) is 3.97. The van der Waals surface area contributed by atoms with Crippen molar-refractivity contribution in [3.05, 3.63) is 70.8 Å². The molecule has 0 radical (unpaired) electrons. The van der Waals surface area contributed by atoms with Crippen LogP contribution in [0.1, 0.15) is 17.5 Å². The SMILES string of the molecule is CCOC(=O)c1oc2c(c1-c1ccccc1)c(=O)oc1ccccc12. The van der Waals surface area contributed by atoms with Gasteiger partial charge < -0.3 is 13.6 Å². The molecular weight excluding hydrogens is 320 g/mol. The second-order valence-corrected chi connectivity index (χ2v) is 5.48. The van der Waals surface area contributed by atoms with Crippen LogP contribution < -0.4 is 5.63 Å². The first-order chi connectivity index (χ1) is 12.2. The molecule has 2 aromatic carbocycles. The van der Waals surface area contributed by atoms with Crippen molar-refractivity contribution >= 4 is 27.9 Å². The Balaban J connectivity index is 2.16. The maximum Gasteiger partial charge on any atom is 0.374 e. The van der Waals surface area contributed by atoms with Gasteiger partial charge in [0.1, 0.15) is 11.0 Å². The van der Waals surface area contributed by atoms with E-state index in [1.165, 1.54) is 0 Å². The molecule has 0 aliphatic rings. The van der Waals surface area contributed by atoms with Crippen molar-refractivity contribution in [2.75, 3.05) is 6.61 Å². The van der Waals surface area contributed by atoms with E-state index in [1.54, 1.807) is 25.1 Å². The third kappa shape index (κ3) is 2.41. The van der Waals surface area contributed by atoms with E-state index in [1.807, 2.05) is 36.4 Å². The summed E-state index contributed by atoms with van der Waals surface area (Å²) < 4.78 is 16.4. The van der Waals surface area contributed by atoms with Gasteiger partial charge in [0.15, 0.2) is 5.58 Å². The van der Waals surface area contributed by atoms with Gasteiger partial charge in [-0.2, -0.15) is 0 Å². The summed E-state index contributed by atoms with van der Waals surface area (Å²) in [6, 6.07) is 16.2. The lowest BCUT2D eigenvalue weighted by atomic mass is 10.0. The second-order valence-electron chi connectivity index (χ2n) is 5.48. The van der Waals surface area contributed by atoms with Gasteiger partial charge in [-0.3, -0.25) is 0 Å². The first-order valence-corrected chi connectivity index (χ1v) is 7.91. The quantitative estimate of drug-likeness (QED) is 0.411. The number of esters is 1. The molecule has 0 saturated carbocycles. The molecule has 0 fully saturated rings. The monoisotopic (exact) mass is 334 g/mol. The predicted octanol–water partition coefficient (Wildman–Crippen LogP) is 4.38. The first kappa shape index (κ1) is 15.2. The average Bonchev–Trinajstić information content (AvgIpc) is 3.04. The number of hydrogen-bond acceptors (Lipinski definition) is 5. The van der Waals surface area contributed by atoms with E-state index < -0.39 is 11.6 Å². The van der Waals surface area contributed by atoms with Crippen LogP contribution in [0.3, 0.4) is 0 Å². The number of hydrogen-bond donors (Lipinski definition) is 0. The zero-order valence-corrected chi connectivity index (χ0v) is 13.4. The lowest BCUT2D eigenvalue weighted by Crippen LogP contribution is -2.05. The van der Waals surface area contributed by atoms with Crippen molar-refractivity contribution in [3.8, 4) is 11.1 Å². The Morgan fingerprint density at radius 1 is 1.00 bits per heavy atom. The van der Waals surface area contributed by atoms with Crippen LogP contribution in [0.4, 0.5) is 0 Å². The van der Waals surface area contributed by atoms with E-state index in [0.29, 0.717) is 27.7 Å². The number of fused-ring (bicyclic) bond motifs is 3. The summed E-state index contributed by atoms with van der Waals surface area (Å²) in [6.45, 7) is 1.92. The molecule has 0 unspecified atom stereocenters. The molecule has 0 amide bonds. The lowest BCUT2D eigenvalue weighted by Gasteiger charge is -2.02. The molecule has 25 heavy (non-hydrogen) atoms. The zero-order valence-electron chi connectivity index (χ0n) is 13.4. The van der Waals surface area contributed by atoms with E-state index in [9.17, 15) is 9.59 Å². The van der Waals surface area contributed by atoms with Gasteiger partial charge in [0.2, 0.25) is 5.76 Å². The Morgan fingerprint density at radius 2 is 1.72 bits per heavy atom. The Hall–Kier alpha value is -3.34. The number of carbonyl (C=O) groups is 1. The molecule has 4 rings (SSSR count). The number of ether oxygens (including phenoxy) is 1. The van der Waals surface area contributed by atoms with E-state index in [2.05, 4.69) is 0 Å². The molecular formula is C20H14O5. The van der Waals surface area contributed by atoms with Crippen LogP contribution >= 0.6 is 0 Å². The number of furan rings is 1. The van der Waals surface area contributed by atoms with E-state index in [-0.39, 0.29) is 17.8 Å². The fraction of sp³-hybridized carbons (Fsp3) is 0.100. The highest BCUT2D eigenvalue weighted by Crippen LogP contribution is 2.36. The molecule has 5 nitrogen and oxygen atoms in total. The molecule has 0 bridgehead atoms. The molecule has 0 spiro atoms. The van der Waals surface area contributed by atoms with Crippen LogP contribution in [-0.4, -0.2) is 12.6 Å².